The molecule has 0 atom stereocenters. The fraction of sp³-hybridized carbons (Fsp3) is 0.227. The van der Waals surface area contributed by atoms with Crippen molar-refractivity contribution in [3.63, 3.8) is 0 Å². The molecule has 30 heavy (non-hydrogen) atoms. The first-order chi connectivity index (χ1) is 14.5. The number of ether oxygens (including phenoxy) is 2. The first-order valence-electron chi connectivity index (χ1n) is 9.55. The molecule has 0 bridgehead atoms. The number of rotatable bonds is 8. The molecule has 0 saturated carbocycles. The van der Waals surface area contributed by atoms with Crippen LogP contribution >= 0.6 is 11.8 Å². The summed E-state index contributed by atoms with van der Waals surface area (Å²) in [6, 6.07) is 14.8. The van der Waals surface area contributed by atoms with Crippen LogP contribution < -0.4 is 15.2 Å². The van der Waals surface area contributed by atoms with E-state index in [1.165, 1.54) is 11.8 Å². The molecular formula is C22H23N3O4S. The maximum atomic E-state index is 12.8. The number of carbonyl (C=O) groups is 2. The molecule has 156 valence electrons. The van der Waals surface area contributed by atoms with Crippen LogP contribution in [-0.4, -0.2) is 41.6 Å². The van der Waals surface area contributed by atoms with Gasteiger partial charge in [-0.2, -0.15) is 0 Å². The zero-order valence-corrected chi connectivity index (χ0v) is 17.6. The van der Waals surface area contributed by atoms with E-state index in [2.05, 4.69) is 4.99 Å². The highest BCUT2D eigenvalue weighted by atomic mass is 32.2. The van der Waals surface area contributed by atoms with Gasteiger partial charge in [-0.05, 0) is 61.5 Å². The molecule has 0 unspecified atom stereocenters. The van der Waals surface area contributed by atoms with Crippen molar-refractivity contribution in [3.8, 4) is 11.5 Å². The summed E-state index contributed by atoms with van der Waals surface area (Å²) >= 11 is 1.33. The smallest absolute Gasteiger partial charge is 0.266 e. The zero-order valence-electron chi connectivity index (χ0n) is 16.8. The number of thioether (sulfide) groups is 1. The lowest BCUT2D eigenvalue weighted by molar-refractivity contribution is -0.122. The fourth-order valence-corrected chi connectivity index (χ4v) is 3.85. The van der Waals surface area contributed by atoms with Crippen LogP contribution in [0.25, 0.3) is 6.08 Å². The Kier molecular flexibility index (Phi) is 7.13. The van der Waals surface area contributed by atoms with Gasteiger partial charge < -0.3 is 15.2 Å². The SMILES string of the molecule is CCOc1cc(/C=C2/SC(=Nc3ccccc3)N(CC)C2=O)ccc1OCC(N)=O. The first kappa shape index (κ1) is 21.4. The molecule has 1 aliphatic heterocycles. The number of primary amides is 1. The van der Waals surface area contributed by atoms with Gasteiger partial charge in [-0.3, -0.25) is 14.5 Å². The van der Waals surface area contributed by atoms with Gasteiger partial charge >= 0.3 is 0 Å². The second-order valence-corrected chi connectivity index (χ2v) is 7.29. The fourth-order valence-electron chi connectivity index (χ4n) is 2.79. The second kappa shape index (κ2) is 9.98. The topological polar surface area (TPSA) is 94.2 Å². The van der Waals surface area contributed by atoms with Crippen LogP contribution in [0.15, 0.2) is 58.4 Å². The van der Waals surface area contributed by atoms with Gasteiger partial charge in [0.15, 0.2) is 23.3 Å². The minimum Gasteiger partial charge on any atom is -0.490 e. The molecular weight excluding hydrogens is 402 g/mol. The number of likely N-dealkylation sites (N-methyl/N-ethyl adjacent to an activating group) is 1. The van der Waals surface area contributed by atoms with Crippen LogP contribution in [0.4, 0.5) is 5.69 Å². The van der Waals surface area contributed by atoms with Crippen LogP contribution in [0.2, 0.25) is 0 Å². The molecule has 2 N–H and O–H groups in total. The number of para-hydroxylation sites is 1. The summed E-state index contributed by atoms with van der Waals surface area (Å²) in [5.41, 5.74) is 6.71. The number of benzene rings is 2. The van der Waals surface area contributed by atoms with Crippen molar-refractivity contribution in [2.75, 3.05) is 19.8 Å². The van der Waals surface area contributed by atoms with Gasteiger partial charge in [-0.15, -0.1) is 0 Å². The highest BCUT2D eigenvalue weighted by molar-refractivity contribution is 8.18. The minimum absolute atomic E-state index is 0.0933. The normalized spacial score (nSPS) is 16.3. The lowest BCUT2D eigenvalue weighted by atomic mass is 10.2. The molecule has 1 fully saturated rings. The Labute approximate surface area is 179 Å². The maximum Gasteiger partial charge on any atom is 0.266 e. The molecule has 2 aromatic rings. The van der Waals surface area contributed by atoms with Gasteiger partial charge in [0, 0.05) is 6.54 Å². The average molecular weight is 426 g/mol. The Hall–Kier alpha value is -3.26. The number of amidine groups is 1. The standard InChI is InChI=1S/C22H23N3O4S/c1-3-25-21(27)19(30-22(25)24-16-8-6-5-7-9-16)13-15-10-11-17(29-14-20(23)26)18(12-15)28-4-2/h5-13H,3-4,14H2,1-2H3,(H2,23,26)/b19-13+,24-22?. The van der Waals surface area contributed by atoms with E-state index in [9.17, 15) is 9.59 Å². The summed E-state index contributed by atoms with van der Waals surface area (Å²) < 4.78 is 11.0. The molecule has 1 heterocycles. The van der Waals surface area contributed by atoms with Crippen molar-refractivity contribution in [2.45, 2.75) is 13.8 Å². The number of nitrogens with zero attached hydrogens (tertiary/aromatic N) is 2. The van der Waals surface area contributed by atoms with E-state index in [1.54, 1.807) is 29.2 Å². The number of nitrogens with two attached hydrogens (primary N) is 1. The van der Waals surface area contributed by atoms with Gasteiger partial charge in [0.1, 0.15) is 0 Å². The van der Waals surface area contributed by atoms with E-state index in [4.69, 9.17) is 15.2 Å². The van der Waals surface area contributed by atoms with Crippen LogP contribution in [-0.2, 0) is 9.59 Å². The van der Waals surface area contributed by atoms with E-state index in [0.717, 1.165) is 11.3 Å². The lowest BCUT2D eigenvalue weighted by Gasteiger charge is -2.12. The third-order valence-electron chi connectivity index (χ3n) is 4.12. The van der Waals surface area contributed by atoms with Crippen molar-refractivity contribution in [2.24, 2.45) is 10.7 Å². The molecule has 3 rings (SSSR count). The second-order valence-electron chi connectivity index (χ2n) is 6.28. The number of hydrogen-bond acceptors (Lipinski definition) is 6. The van der Waals surface area contributed by atoms with E-state index in [1.807, 2.05) is 44.2 Å². The molecule has 8 heteroatoms. The molecule has 2 amide bonds. The number of carbonyl (C=O) groups excluding carboxylic acids is 2. The molecule has 0 aromatic heterocycles. The third kappa shape index (κ3) is 5.21. The van der Waals surface area contributed by atoms with E-state index >= 15 is 0 Å². The molecule has 1 saturated heterocycles. The number of aliphatic imine (C=N–C) groups is 1. The lowest BCUT2D eigenvalue weighted by Crippen LogP contribution is -2.28. The summed E-state index contributed by atoms with van der Waals surface area (Å²) in [7, 11) is 0. The van der Waals surface area contributed by atoms with Gasteiger partial charge in [0.2, 0.25) is 0 Å². The predicted molar refractivity (Wildman–Crippen MR) is 119 cm³/mol. The van der Waals surface area contributed by atoms with Crippen molar-refractivity contribution in [1.82, 2.24) is 4.90 Å². The van der Waals surface area contributed by atoms with Crippen molar-refractivity contribution >= 4 is 40.5 Å². The summed E-state index contributed by atoms with van der Waals surface area (Å²) in [6.45, 7) is 4.49. The summed E-state index contributed by atoms with van der Waals surface area (Å²) in [5.74, 6) is 0.240. The molecule has 2 aromatic carbocycles. The average Bonchev–Trinajstić information content (AvgIpc) is 3.02. The minimum atomic E-state index is -0.568. The van der Waals surface area contributed by atoms with Crippen molar-refractivity contribution < 1.29 is 19.1 Å². The highest BCUT2D eigenvalue weighted by Crippen LogP contribution is 2.35. The van der Waals surface area contributed by atoms with Crippen LogP contribution in [0.1, 0.15) is 19.4 Å². The van der Waals surface area contributed by atoms with Crippen LogP contribution in [0.3, 0.4) is 0 Å². The van der Waals surface area contributed by atoms with E-state index < -0.39 is 5.91 Å². The van der Waals surface area contributed by atoms with Crippen LogP contribution in [0.5, 0.6) is 11.5 Å². The Morgan fingerprint density at radius 2 is 1.90 bits per heavy atom. The Balaban J connectivity index is 1.88. The van der Waals surface area contributed by atoms with E-state index in [-0.39, 0.29) is 12.5 Å². The quantitative estimate of drug-likeness (QED) is 0.653. The molecule has 0 spiro atoms. The van der Waals surface area contributed by atoms with Gasteiger partial charge in [-0.1, -0.05) is 24.3 Å². The number of hydrogen-bond donors (Lipinski definition) is 1. The molecule has 1 aliphatic rings. The Bertz CT molecular complexity index is 989. The molecule has 0 aliphatic carbocycles. The first-order valence-corrected chi connectivity index (χ1v) is 10.4. The maximum absolute atomic E-state index is 12.8. The summed E-state index contributed by atoms with van der Waals surface area (Å²) in [6.07, 6.45) is 1.80. The summed E-state index contributed by atoms with van der Waals surface area (Å²) in [5, 5.41) is 0.645. The van der Waals surface area contributed by atoms with Crippen molar-refractivity contribution in [1.29, 1.82) is 0 Å². The van der Waals surface area contributed by atoms with Crippen LogP contribution in [0, 0.1) is 0 Å². The van der Waals surface area contributed by atoms with Crippen molar-refractivity contribution in [3.05, 3.63) is 59.0 Å². The summed E-state index contributed by atoms with van der Waals surface area (Å²) in [4.78, 5) is 30.7. The monoisotopic (exact) mass is 425 g/mol. The molecule has 0 radical (unpaired) electrons. The predicted octanol–water partition coefficient (Wildman–Crippen LogP) is 3.57. The highest BCUT2D eigenvalue weighted by Gasteiger charge is 2.32. The largest absolute Gasteiger partial charge is 0.490 e. The Morgan fingerprint density at radius 3 is 2.57 bits per heavy atom. The third-order valence-corrected chi connectivity index (χ3v) is 5.13. The van der Waals surface area contributed by atoms with Gasteiger partial charge in [-0.25, -0.2) is 4.99 Å². The Morgan fingerprint density at radius 1 is 1.13 bits per heavy atom. The van der Waals surface area contributed by atoms with E-state index in [0.29, 0.717) is 34.7 Å². The molecule has 7 nitrogen and oxygen atoms in total. The number of amides is 2. The van der Waals surface area contributed by atoms with Gasteiger partial charge in [0.05, 0.1) is 17.2 Å². The zero-order chi connectivity index (χ0) is 21.5. The van der Waals surface area contributed by atoms with Gasteiger partial charge in [0.25, 0.3) is 11.8 Å².